The van der Waals surface area contributed by atoms with Crippen LogP contribution in [0.5, 0.6) is 0 Å². The molecule has 1 aromatic rings. The average Bonchev–Trinajstić information content (AvgIpc) is 3.01. The predicted octanol–water partition coefficient (Wildman–Crippen LogP) is 2.00. The monoisotopic (exact) mass is 329 g/mol. The topological polar surface area (TPSA) is 93.6 Å². The number of anilines is 2. The average molecular weight is 329 g/mol. The van der Waals surface area contributed by atoms with Gasteiger partial charge < -0.3 is 10.4 Å². The van der Waals surface area contributed by atoms with E-state index in [0.717, 1.165) is 25.7 Å². The van der Waals surface area contributed by atoms with Crippen LogP contribution in [-0.2, 0) is 0 Å². The van der Waals surface area contributed by atoms with Gasteiger partial charge in [0.05, 0.1) is 6.20 Å². The molecule has 0 radical (unpaired) electrons. The Morgan fingerprint density at radius 1 is 1.54 bits per heavy atom. The van der Waals surface area contributed by atoms with Crippen LogP contribution < -0.4 is 15.9 Å². The van der Waals surface area contributed by atoms with Crippen LogP contribution in [0.2, 0.25) is 0 Å². The number of hydrogen-bond donors (Lipinski definition) is 3. The van der Waals surface area contributed by atoms with E-state index < -0.39 is 6.23 Å². The maximum atomic E-state index is 12.2. The van der Waals surface area contributed by atoms with Crippen LogP contribution in [0, 0.1) is 5.92 Å². The van der Waals surface area contributed by atoms with Crippen LogP contribution in [0.15, 0.2) is 39.4 Å². The maximum absolute atomic E-state index is 12.2. The third-order valence-electron chi connectivity index (χ3n) is 4.54. The van der Waals surface area contributed by atoms with E-state index in [9.17, 15) is 9.90 Å². The van der Waals surface area contributed by atoms with Gasteiger partial charge in [0.25, 0.3) is 5.56 Å². The van der Waals surface area contributed by atoms with E-state index >= 15 is 0 Å². The zero-order valence-corrected chi connectivity index (χ0v) is 14.0. The van der Waals surface area contributed by atoms with Crippen molar-refractivity contribution >= 4 is 17.9 Å². The van der Waals surface area contributed by atoms with Crippen molar-refractivity contribution in [3.05, 3.63) is 39.8 Å². The molecule has 2 aliphatic rings. The molecule has 0 saturated heterocycles. The van der Waals surface area contributed by atoms with Crippen molar-refractivity contribution in [1.29, 1.82) is 0 Å². The van der Waals surface area contributed by atoms with Crippen LogP contribution >= 0.6 is 0 Å². The largest absolute Gasteiger partial charge is 0.373 e. The van der Waals surface area contributed by atoms with Crippen molar-refractivity contribution in [3.63, 3.8) is 0 Å². The minimum absolute atomic E-state index is 0.0167. The number of hydrogen-bond acceptors (Lipinski definition) is 6. The molecule has 128 valence electrons. The first-order valence-electron chi connectivity index (χ1n) is 8.25. The highest BCUT2D eigenvalue weighted by Gasteiger charge is 2.30. The first-order valence-corrected chi connectivity index (χ1v) is 8.25. The minimum Gasteiger partial charge on any atom is -0.373 e. The van der Waals surface area contributed by atoms with Gasteiger partial charge >= 0.3 is 0 Å². The highest BCUT2D eigenvalue weighted by atomic mass is 16.3. The first-order chi connectivity index (χ1) is 11.6. The van der Waals surface area contributed by atoms with Crippen molar-refractivity contribution < 1.29 is 5.11 Å². The van der Waals surface area contributed by atoms with E-state index in [0.29, 0.717) is 5.95 Å². The molecule has 0 bridgehead atoms. The summed E-state index contributed by atoms with van der Waals surface area (Å²) in [5.74, 6) is 0.363. The summed E-state index contributed by atoms with van der Waals surface area (Å²) in [6, 6.07) is 0. The molecule has 7 heteroatoms. The Labute approximate surface area is 140 Å². The molecule has 1 heterocycles. The quantitative estimate of drug-likeness (QED) is 0.436. The molecular weight excluding hydrogens is 306 g/mol. The first kappa shape index (κ1) is 16.4. The molecule has 0 fully saturated rings. The molecule has 0 amide bonds. The highest BCUT2D eigenvalue weighted by molar-refractivity contribution is 5.55. The number of rotatable bonds is 5. The van der Waals surface area contributed by atoms with Gasteiger partial charge in [0.2, 0.25) is 5.95 Å². The van der Waals surface area contributed by atoms with Gasteiger partial charge in [-0.25, -0.2) is 9.99 Å². The molecule has 1 aromatic heterocycles. The number of nitrogens with one attached hydrogen (secondary N) is 2. The lowest BCUT2D eigenvalue weighted by Crippen LogP contribution is -2.32. The lowest BCUT2D eigenvalue weighted by atomic mass is 9.94. The van der Waals surface area contributed by atoms with Crippen LogP contribution in [-0.4, -0.2) is 34.6 Å². The Morgan fingerprint density at radius 3 is 3.12 bits per heavy atom. The SMILES string of the molecule is CC=NN(C)c1ncc(NC(O)C2CCC3=C2C=CCC3)c(=O)[nH]1. The van der Waals surface area contributed by atoms with Gasteiger partial charge in [-0.05, 0) is 38.2 Å². The van der Waals surface area contributed by atoms with Crippen LogP contribution in [0.1, 0.15) is 32.6 Å². The lowest BCUT2D eigenvalue weighted by molar-refractivity contribution is 0.153. The lowest BCUT2D eigenvalue weighted by Gasteiger charge is -2.23. The number of aliphatic hydroxyl groups is 1. The molecule has 7 nitrogen and oxygen atoms in total. The summed E-state index contributed by atoms with van der Waals surface area (Å²) in [6.07, 6.45) is 10.6. The molecule has 3 rings (SSSR count). The summed E-state index contributed by atoms with van der Waals surface area (Å²) in [6.45, 7) is 1.78. The third kappa shape index (κ3) is 3.26. The van der Waals surface area contributed by atoms with Gasteiger partial charge in [-0.3, -0.25) is 9.78 Å². The number of aliphatic hydroxyl groups excluding tert-OH is 1. The van der Waals surface area contributed by atoms with E-state index in [1.54, 1.807) is 20.2 Å². The van der Waals surface area contributed by atoms with Crippen molar-refractivity contribution in [3.8, 4) is 0 Å². The van der Waals surface area contributed by atoms with Gasteiger partial charge in [-0.15, -0.1) is 0 Å². The maximum Gasteiger partial charge on any atom is 0.275 e. The molecule has 0 saturated carbocycles. The van der Waals surface area contributed by atoms with Crippen LogP contribution in [0.4, 0.5) is 11.6 Å². The fourth-order valence-electron chi connectivity index (χ4n) is 3.34. The summed E-state index contributed by atoms with van der Waals surface area (Å²) in [4.78, 5) is 19.0. The smallest absolute Gasteiger partial charge is 0.275 e. The molecule has 0 spiro atoms. The number of H-pyrrole nitrogens is 1. The summed E-state index contributed by atoms with van der Waals surface area (Å²) >= 11 is 0. The second-order valence-corrected chi connectivity index (χ2v) is 6.08. The standard InChI is InChI=1S/C17H23N5O2/c1-3-19-22(2)17-18-10-14(16(24)21-17)20-15(23)13-9-8-11-6-4-5-7-12(11)13/h3,5,7,10,13,15,20,23H,4,6,8-9H2,1-2H3,(H,18,21,24). The zero-order chi connectivity index (χ0) is 17.1. The number of aromatic nitrogens is 2. The van der Waals surface area contributed by atoms with E-state index in [4.69, 9.17) is 0 Å². The summed E-state index contributed by atoms with van der Waals surface area (Å²) in [5.41, 5.74) is 2.58. The molecule has 2 atom stereocenters. The summed E-state index contributed by atoms with van der Waals surface area (Å²) in [7, 11) is 1.70. The fourth-order valence-corrected chi connectivity index (χ4v) is 3.34. The number of hydrazone groups is 1. The van der Waals surface area contributed by atoms with E-state index in [2.05, 4.69) is 32.5 Å². The van der Waals surface area contributed by atoms with Crippen LogP contribution in [0.25, 0.3) is 0 Å². The molecule has 24 heavy (non-hydrogen) atoms. The number of aromatic amines is 1. The molecule has 2 aliphatic carbocycles. The number of allylic oxidation sites excluding steroid dienone is 3. The zero-order valence-electron chi connectivity index (χ0n) is 14.0. The van der Waals surface area contributed by atoms with Gasteiger partial charge in [0, 0.05) is 19.2 Å². The van der Waals surface area contributed by atoms with Gasteiger partial charge in [-0.2, -0.15) is 5.10 Å². The molecule has 0 aliphatic heterocycles. The summed E-state index contributed by atoms with van der Waals surface area (Å²) in [5, 5.41) is 18.9. The van der Waals surface area contributed by atoms with Crippen molar-refractivity contribution in [2.45, 2.75) is 38.8 Å². The van der Waals surface area contributed by atoms with Gasteiger partial charge in [0.1, 0.15) is 11.9 Å². The molecule has 3 N–H and O–H groups in total. The van der Waals surface area contributed by atoms with Crippen molar-refractivity contribution in [1.82, 2.24) is 9.97 Å². The van der Waals surface area contributed by atoms with Crippen molar-refractivity contribution in [2.75, 3.05) is 17.4 Å². The Bertz CT molecular complexity index is 750. The number of nitrogens with zero attached hydrogens (tertiary/aromatic N) is 3. The van der Waals surface area contributed by atoms with E-state index in [1.165, 1.54) is 22.4 Å². The second kappa shape index (κ2) is 7.00. The second-order valence-electron chi connectivity index (χ2n) is 6.08. The van der Waals surface area contributed by atoms with Gasteiger partial charge in [-0.1, -0.05) is 17.7 Å². The van der Waals surface area contributed by atoms with E-state index in [-0.39, 0.29) is 17.2 Å². The van der Waals surface area contributed by atoms with E-state index in [1.807, 2.05) is 0 Å². The van der Waals surface area contributed by atoms with Crippen molar-refractivity contribution in [2.24, 2.45) is 11.0 Å². The Kier molecular flexibility index (Phi) is 4.80. The third-order valence-corrected chi connectivity index (χ3v) is 4.54. The Morgan fingerprint density at radius 2 is 2.38 bits per heavy atom. The Balaban J connectivity index is 1.73. The predicted molar refractivity (Wildman–Crippen MR) is 95.2 cm³/mol. The molecule has 2 unspecified atom stereocenters. The molecular formula is C17H23N5O2. The fraction of sp³-hybridized carbons (Fsp3) is 0.471. The van der Waals surface area contributed by atoms with Gasteiger partial charge in [0.15, 0.2) is 0 Å². The highest BCUT2D eigenvalue weighted by Crippen LogP contribution is 2.39. The summed E-state index contributed by atoms with van der Waals surface area (Å²) < 4.78 is 0. The minimum atomic E-state index is -0.805. The normalized spacial score (nSPS) is 21.2. The Hall–Kier alpha value is -2.41. The molecule has 0 aromatic carbocycles. The van der Waals surface area contributed by atoms with Crippen LogP contribution in [0.3, 0.4) is 0 Å².